The maximum atomic E-state index is 4.84. The van der Waals surface area contributed by atoms with Gasteiger partial charge < -0.3 is 14.8 Å². The van der Waals surface area contributed by atoms with Crippen LogP contribution in [0.3, 0.4) is 0 Å². The van der Waals surface area contributed by atoms with Crippen LogP contribution in [0.4, 0.5) is 17.5 Å². The number of nitrogens with zero attached hydrogens (tertiary/aromatic N) is 6. The summed E-state index contributed by atoms with van der Waals surface area (Å²) in [7, 11) is 2.78. The molecule has 2 fully saturated rings. The average molecular weight is 409 g/mol. The Kier molecular flexibility index (Phi) is 5.10. The van der Waals surface area contributed by atoms with Crippen molar-refractivity contribution in [3.05, 3.63) is 36.3 Å². The summed E-state index contributed by atoms with van der Waals surface area (Å²) in [5.74, 6) is 1.38. The average Bonchev–Trinajstić information content (AvgIpc) is 3.36. The molecular formula is C21H28N7P. The van der Waals surface area contributed by atoms with Gasteiger partial charge in [-0.2, -0.15) is 4.98 Å². The number of nitrogens with one attached hydrogen (secondary N) is 1. The fraction of sp³-hybridized carbons (Fsp3) is 0.476. The molecule has 7 nitrogen and oxygen atoms in total. The number of rotatable bonds is 4. The molecule has 4 heterocycles. The van der Waals surface area contributed by atoms with E-state index in [1.165, 1.54) is 31.4 Å². The predicted molar refractivity (Wildman–Crippen MR) is 121 cm³/mol. The van der Waals surface area contributed by atoms with E-state index in [1.54, 1.807) is 0 Å². The molecule has 1 N–H and O–H groups in total. The monoisotopic (exact) mass is 409 g/mol. The fourth-order valence-corrected chi connectivity index (χ4v) is 4.79. The first-order valence-electron chi connectivity index (χ1n) is 10.5. The molecule has 0 radical (unpaired) electrons. The molecule has 29 heavy (non-hydrogen) atoms. The first kappa shape index (κ1) is 18.8. The third-order valence-electron chi connectivity index (χ3n) is 6.13. The maximum absolute atomic E-state index is 4.84. The van der Waals surface area contributed by atoms with Gasteiger partial charge in [-0.1, -0.05) is 22.2 Å². The van der Waals surface area contributed by atoms with E-state index in [0.717, 1.165) is 48.7 Å². The Bertz CT molecular complexity index is 986. The van der Waals surface area contributed by atoms with E-state index in [2.05, 4.69) is 57.9 Å². The zero-order chi connectivity index (χ0) is 19.8. The molecule has 0 bridgehead atoms. The van der Waals surface area contributed by atoms with Gasteiger partial charge in [0.2, 0.25) is 5.95 Å². The summed E-state index contributed by atoms with van der Waals surface area (Å²) in [6, 6.07) is 6.89. The van der Waals surface area contributed by atoms with Crippen molar-refractivity contribution >= 4 is 37.9 Å². The topological polar surface area (TPSA) is 62.1 Å². The van der Waals surface area contributed by atoms with Gasteiger partial charge in [-0.25, -0.2) is 9.97 Å². The van der Waals surface area contributed by atoms with Crippen LogP contribution in [0.15, 0.2) is 30.6 Å². The zero-order valence-corrected chi connectivity index (χ0v) is 18.0. The molecule has 3 aromatic rings. The first-order chi connectivity index (χ1) is 14.2. The lowest BCUT2D eigenvalue weighted by atomic mass is 10.2. The zero-order valence-electron chi connectivity index (χ0n) is 16.9. The molecule has 0 spiro atoms. The molecule has 1 saturated heterocycles. The summed E-state index contributed by atoms with van der Waals surface area (Å²) in [5, 5.41) is 4.39. The molecular weight excluding hydrogens is 381 g/mol. The number of fused-ring (bicyclic) bond motifs is 1. The van der Waals surface area contributed by atoms with Gasteiger partial charge in [0.05, 0.1) is 11.9 Å². The van der Waals surface area contributed by atoms with E-state index >= 15 is 0 Å². The van der Waals surface area contributed by atoms with Crippen LogP contribution in [0, 0.1) is 6.92 Å². The van der Waals surface area contributed by atoms with Crippen LogP contribution in [0.25, 0.3) is 11.0 Å². The summed E-state index contributed by atoms with van der Waals surface area (Å²) in [6.07, 6.45) is 8.95. The molecule has 3 aromatic heterocycles. The number of piperazine rings is 1. The van der Waals surface area contributed by atoms with Crippen molar-refractivity contribution in [3.63, 3.8) is 0 Å². The van der Waals surface area contributed by atoms with E-state index in [9.17, 15) is 0 Å². The van der Waals surface area contributed by atoms with Crippen molar-refractivity contribution in [2.45, 2.75) is 38.6 Å². The minimum absolute atomic E-state index is 0.564. The Morgan fingerprint density at radius 1 is 1.03 bits per heavy atom. The summed E-state index contributed by atoms with van der Waals surface area (Å²) in [6.45, 7) is 6.33. The lowest BCUT2D eigenvalue weighted by Gasteiger charge is -2.33. The van der Waals surface area contributed by atoms with Crippen molar-refractivity contribution in [2.75, 3.05) is 36.4 Å². The van der Waals surface area contributed by atoms with Crippen molar-refractivity contribution in [3.8, 4) is 0 Å². The lowest BCUT2D eigenvalue weighted by Crippen LogP contribution is -2.42. The number of pyridine rings is 1. The van der Waals surface area contributed by atoms with Crippen LogP contribution in [0.5, 0.6) is 0 Å². The highest BCUT2D eigenvalue weighted by atomic mass is 31.0. The van der Waals surface area contributed by atoms with Gasteiger partial charge >= 0.3 is 0 Å². The number of aromatic nitrogens is 4. The second kappa shape index (κ2) is 7.88. The standard InChI is InChI=1S/C21H28N7P/c1-15-12-16-13-23-21(25-20(16)28(15)17-4-2-3-5-17)24-19-7-6-18(14-22-19)26-8-10-27(29)11-9-26/h6-7,12-14,17H,2-5,8-11,29H2,1H3,(H,22,23,24,25). The molecule has 0 amide bonds. The highest BCUT2D eigenvalue weighted by Crippen LogP contribution is 2.34. The maximum Gasteiger partial charge on any atom is 0.230 e. The largest absolute Gasteiger partial charge is 0.368 e. The Balaban J connectivity index is 1.35. The summed E-state index contributed by atoms with van der Waals surface area (Å²) in [4.78, 5) is 16.3. The molecule has 1 aliphatic carbocycles. The van der Waals surface area contributed by atoms with Crippen LogP contribution >= 0.6 is 9.39 Å². The van der Waals surface area contributed by atoms with Gasteiger partial charge in [0.25, 0.3) is 0 Å². The Labute approximate surface area is 173 Å². The number of hydrogen-bond acceptors (Lipinski definition) is 6. The molecule has 2 aliphatic rings. The Morgan fingerprint density at radius 2 is 1.83 bits per heavy atom. The molecule has 1 unspecified atom stereocenters. The minimum Gasteiger partial charge on any atom is -0.368 e. The molecule has 5 rings (SSSR count). The number of hydrogen-bond donors (Lipinski definition) is 1. The first-order valence-corrected chi connectivity index (χ1v) is 11.0. The third kappa shape index (κ3) is 3.81. The van der Waals surface area contributed by atoms with Crippen molar-refractivity contribution in [2.24, 2.45) is 0 Å². The predicted octanol–water partition coefficient (Wildman–Crippen LogP) is 3.91. The van der Waals surface area contributed by atoms with Gasteiger partial charge in [-0.05, 0) is 38.0 Å². The van der Waals surface area contributed by atoms with Crippen LogP contribution < -0.4 is 10.2 Å². The second-order valence-corrected chi connectivity index (χ2v) is 8.85. The highest BCUT2D eigenvalue weighted by molar-refractivity contribution is 7.13. The van der Waals surface area contributed by atoms with E-state index in [1.807, 2.05) is 18.5 Å². The second-order valence-electron chi connectivity index (χ2n) is 8.12. The van der Waals surface area contributed by atoms with Gasteiger partial charge in [0.1, 0.15) is 11.5 Å². The Morgan fingerprint density at radius 3 is 2.55 bits per heavy atom. The SMILES string of the molecule is Cc1cc2cnc(Nc3ccc(N4CCN(P)CC4)cn3)nc2n1C1CCCC1. The van der Waals surface area contributed by atoms with Crippen molar-refractivity contribution in [1.82, 2.24) is 24.2 Å². The molecule has 1 saturated carbocycles. The molecule has 0 aromatic carbocycles. The lowest BCUT2D eigenvalue weighted by molar-refractivity contribution is 0.428. The van der Waals surface area contributed by atoms with E-state index in [0.29, 0.717) is 12.0 Å². The Hall–Kier alpha value is -2.24. The highest BCUT2D eigenvalue weighted by Gasteiger charge is 2.21. The minimum atomic E-state index is 0.564. The fourth-order valence-electron chi connectivity index (χ4n) is 4.56. The van der Waals surface area contributed by atoms with Crippen LogP contribution in [0.1, 0.15) is 37.4 Å². The van der Waals surface area contributed by atoms with Gasteiger partial charge in [0.15, 0.2) is 0 Å². The van der Waals surface area contributed by atoms with Crippen molar-refractivity contribution in [1.29, 1.82) is 0 Å². The number of anilines is 3. The summed E-state index contributed by atoms with van der Waals surface area (Å²) >= 11 is 0. The molecule has 1 aliphatic heterocycles. The van der Waals surface area contributed by atoms with Gasteiger partial charge in [0, 0.05) is 49.5 Å². The van der Waals surface area contributed by atoms with E-state index in [4.69, 9.17) is 4.98 Å². The summed E-state index contributed by atoms with van der Waals surface area (Å²) in [5.41, 5.74) is 3.46. The van der Waals surface area contributed by atoms with Crippen LogP contribution in [-0.2, 0) is 0 Å². The quantitative estimate of drug-likeness (QED) is 0.660. The van der Waals surface area contributed by atoms with E-state index < -0.39 is 0 Å². The summed E-state index contributed by atoms with van der Waals surface area (Å²) < 4.78 is 4.67. The van der Waals surface area contributed by atoms with Gasteiger partial charge in [-0.15, -0.1) is 0 Å². The third-order valence-corrected chi connectivity index (χ3v) is 6.64. The van der Waals surface area contributed by atoms with Gasteiger partial charge in [-0.3, -0.25) is 4.67 Å². The van der Waals surface area contributed by atoms with Crippen LogP contribution in [-0.4, -0.2) is 50.4 Å². The molecule has 1 atom stereocenters. The van der Waals surface area contributed by atoms with Crippen molar-refractivity contribution < 1.29 is 0 Å². The molecule has 8 heteroatoms. The smallest absolute Gasteiger partial charge is 0.230 e. The van der Waals surface area contributed by atoms with Crippen LogP contribution in [0.2, 0.25) is 0 Å². The number of aryl methyl sites for hydroxylation is 1. The van der Waals surface area contributed by atoms with E-state index in [-0.39, 0.29) is 0 Å². The normalized spacial score (nSPS) is 18.6. The molecule has 152 valence electrons.